The van der Waals surface area contributed by atoms with Gasteiger partial charge in [-0.25, -0.2) is 4.39 Å². The number of piperazine rings is 1. The predicted molar refractivity (Wildman–Crippen MR) is 99.4 cm³/mol. The van der Waals surface area contributed by atoms with Crippen molar-refractivity contribution >= 4 is 11.0 Å². The summed E-state index contributed by atoms with van der Waals surface area (Å²) in [5, 5.41) is 0.625. The highest BCUT2D eigenvalue weighted by atomic mass is 19.1. The molecule has 0 unspecified atom stereocenters. The van der Waals surface area contributed by atoms with Crippen molar-refractivity contribution in [3.05, 3.63) is 82.0 Å². The Morgan fingerprint density at radius 3 is 2.27 bits per heavy atom. The van der Waals surface area contributed by atoms with E-state index < -0.39 is 0 Å². The van der Waals surface area contributed by atoms with Crippen LogP contribution in [0.15, 0.2) is 63.8 Å². The van der Waals surface area contributed by atoms with E-state index in [-0.39, 0.29) is 11.2 Å². The Morgan fingerprint density at radius 1 is 0.885 bits per heavy atom. The van der Waals surface area contributed by atoms with E-state index >= 15 is 0 Å². The van der Waals surface area contributed by atoms with Gasteiger partial charge in [-0.2, -0.15) is 0 Å². The van der Waals surface area contributed by atoms with Crippen molar-refractivity contribution in [3.63, 3.8) is 0 Å². The van der Waals surface area contributed by atoms with Gasteiger partial charge in [0.2, 0.25) is 0 Å². The van der Waals surface area contributed by atoms with Gasteiger partial charge in [0.1, 0.15) is 17.2 Å². The minimum Gasteiger partial charge on any atom is -0.459 e. The number of rotatable bonds is 4. The fourth-order valence-corrected chi connectivity index (χ4v) is 3.41. The first-order chi connectivity index (χ1) is 12.7. The first-order valence-electron chi connectivity index (χ1n) is 8.88. The zero-order chi connectivity index (χ0) is 17.9. The van der Waals surface area contributed by atoms with Gasteiger partial charge in [0.25, 0.3) is 0 Å². The van der Waals surface area contributed by atoms with Crippen LogP contribution in [0.5, 0.6) is 0 Å². The second-order valence-electron chi connectivity index (χ2n) is 6.75. The lowest BCUT2D eigenvalue weighted by Gasteiger charge is -2.34. The molecular formula is C21H21FN2O2. The largest absolute Gasteiger partial charge is 0.459 e. The third kappa shape index (κ3) is 3.84. The van der Waals surface area contributed by atoms with Crippen LogP contribution in [0.1, 0.15) is 11.3 Å². The molecular weight excluding hydrogens is 331 g/mol. The fraction of sp³-hybridized carbons (Fsp3) is 0.286. The minimum atomic E-state index is -0.199. The summed E-state index contributed by atoms with van der Waals surface area (Å²) in [5.74, 6) is 0.510. The average Bonchev–Trinajstić information content (AvgIpc) is 2.65. The lowest BCUT2D eigenvalue weighted by molar-refractivity contribution is 0.116. The van der Waals surface area contributed by atoms with Crippen molar-refractivity contribution in [1.29, 1.82) is 0 Å². The fourth-order valence-electron chi connectivity index (χ4n) is 3.41. The molecule has 4 nitrogen and oxygen atoms in total. The maximum absolute atomic E-state index is 13.0. The molecule has 0 spiro atoms. The molecule has 0 N–H and O–H groups in total. The van der Waals surface area contributed by atoms with E-state index in [0.717, 1.165) is 38.3 Å². The SMILES string of the molecule is O=c1cc(CN2CCN(Cc3ccc(F)cc3)CC2)oc2ccccc12. The number of benzene rings is 2. The Morgan fingerprint density at radius 2 is 1.54 bits per heavy atom. The second kappa shape index (κ2) is 7.40. The van der Waals surface area contributed by atoms with Gasteiger partial charge in [0.05, 0.1) is 11.9 Å². The minimum absolute atomic E-state index is 0.0109. The molecule has 0 amide bonds. The van der Waals surface area contributed by atoms with Crippen LogP contribution >= 0.6 is 0 Å². The van der Waals surface area contributed by atoms with E-state index in [4.69, 9.17) is 4.42 Å². The van der Waals surface area contributed by atoms with Crippen LogP contribution in [0.3, 0.4) is 0 Å². The highest BCUT2D eigenvalue weighted by molar-refractivity contribution is 5.76. The molecule has 0 bridgehead atoms. The van der Waals surface area contributed by atoms with Crippen molar-refractivity contribution in [2.45, 2.75) is 13.1 Å². The number of nitrogens with zero attached hydrogens (tertiary/aromatic N) is 2. The Balaban J connectivity index is 1.36. The number of hydrogen-bond acceptors (Lipinski definition) is 4. The summed E-state index contributed by atoms with van der Waals surface area (Å²) in [7, 11) is 0. The predicted octanol–water partition coefficient (Wildman–Crippen LogP) is 3.25. The topological polar surface area (TPSA) is 36.7 Å². The van der Waals surface area contributed by atoms with Gasteiger partial charge in [-0.05, 0) is 29.8 Å². The van der Waals surface area contributed by atoms with E-state index in [0.29, 0.717) is 23.3 Å². The number of halogens is 1. The number of para-hydroxylation sites is 1. The molecule has 0 radical (unpaired) electrons. The second-order valence-corrected chi connectivity index (χ2v) is 6.75. The molecule has 0 atom stereocenters. The molecule has 1 aliphatic heterocycles. The summed E-state index contributed by atoms with van der Waals surface area (Å²) < 4.78 is 18.9. The zero-order valence-electron chi connectivity index (χ0n) is 14.5. The summed E-state index contributed by atoms with van der Waals surface area (Å²) in [6.07, 6.45) is 0. The highest BCUT2D eigenvalue weighted by Crippen LogP contribution is 2.15. The number of hydrogen-bond donors (Lipinski definition) is 0. The van der Waals surface area contributed by atoms with Crippen molar-refractivity contribution in [2.24, 2.45) is 0 Å². The zero-order valence-corrected chi connectivity index (χ0v) is 14.5. The van der Waals surface area contributed by atoms with Crippen molar-refractivity contribution < 1.29 is 8.81 Å². The van der Waals surface area contributed by atoms with Gasteiger partial charge in [-0.1, -0.05) is 24.3 Å². The molecule has 3 aromatic rings. The van der Waals surface area contributed by atoms with Gasteiger partial charge in [-0.3, -0.25) is 14.6 Å². The van der Waals surface area contributed by atoms with Crippen LogP contribution in [0, 0.1) is 5.82 Å². The Bertz CT molecular complexity index is 944. The average molecular weight is 352 g/mol. The lowest BCUT2D eigenvalue weighted by Crippen LogP contribution is -2.45. The van der Waals surface area contributed by atoms with E-state index in [2.05, 4.69) is 9.80 Å². The van der Waals surface area contributed by atoms with E-state index in [9.17, 15) is 9.18 Å². The first kappa shape index (κ1) is 16.9. The van der Waals surface area contributed by atoms with Crippen LogP contribution in [0.4, 0.5) is 4.39 Å². The molecule has 2 heterocycles. The molecule has 1 aromatic heterocycles. The normalized spacial score (nSPS) is 16.2. The number of fused-ring (bicyclic) bond motifs is 1. The van der Waals surface area contributed by atoms with Crippen LogP contribution in [-0.2, 0) is 13.1 Å². The monoisotopic (exact) mass is 352 g/mol. The third-order valence-corrected chi connectivity index (χ3v) is 4.85. The Labute approximate surface area is 151 Å². The van der Waals surface area contributed by atoms with Crippen molar-refractivity contribution in [1.82, 2.24) is 9.80 Å². The summed E-state index contributed by atoms with van der Waals surface area (Å²) in [5.41, 5.74) is 1.78. The first-order valence-corrected chi connectivity index (χ1v) is 8.88. The Kier molecular flexibility index (Phi) is 4.82. The van der Waals surface area contributed by atoms with E-state index in [1.165, 1.54) is 12.1 Å². The molecule has 0 saturated carbocycles. The van der Waals surface area contributed by atoms with E-state index in [1.807, 2.05) is 30.3 Å². The molecule has 26 heavy (non-hydrogen) atoms. The molecule has 2 aromatic carbocycles. The molecule has 1 aliphatic rings. The van der Waals surface area contributed by atoms with Gasteiger partial charge in [0.15, 0.2) is 5.43 Å². The van der Waals surface area contributed by atoms with Gasteiger partial charge in [-0.15, -0.1) is 0 Å². The summed E-state index contributed by atoms with van der Waals surface area (Å²) in [4.78, 5) is 16.9. The molecule has 134 valence electrons. The molecule has 0 aliphatic carbocycles. The Hall–Kier alpha value is -2.50. The summed E-state index contributed by atoms with van der Waals surface area (Å²) in [6.45, 7) is 5.18. The highest BCUT2D eigenvalue weighted by Gasteiger charge is 2.18. The maximum Gasteiger partial charge on any atom is 0.192 e. The van der Waals surface area contributed by atoms with Crippen LogP contribution in [0.2, 0.25) is 0 Å². The third-order valence-electron chi connectivity index (χ3n) is 4.85. The molecule has 4 rings (SSSR count). The van der Waals surface area contributed by atoms with Crippen LogP contribution < -0.4 is 5.43 Å². The van der Waals surface area contributed by atoms with Crippen LogP contribution in [0.25, 0.3) is 11.0 Å². The molecule has 5 heteroatoms. The molecule has 1 saturated heterocycles. The van der Waals surface area contributed by atoms with Crippen molar-refractivity contribution in [3.8, 4) is 0 Å². The molecule has 1 fully saturated rings. The maximum atomic E-state index is 13.0. The van der Waals surface area contributed by atoms with Crippen molar-refractivity contribution in [2.75, 3.05) is 26.2 Å². The smallest absolute Gasteiger partial charge is 0.192 e. The van der Waals surface area contributed by atoms with Gasteiger partial charge in [0, 0.05) is 38.8 Å². The lowest BCUT2D eigenvalue weighted by atomic mass is 10.2. The van der Waals surface area contributed by atoms with Crippen LogP contribution in [-0.4, -0.2) is 36.0 Å². The summed E-state index contributed by atoms with van der Waals surface area (Å²) in [6, 6.07) is 15.6. The standard InChI is InChI=1S/C21H21FN2O2/c22-17-7-5-16(6-8-17)14-23-9-11-24(12-10-23)15-18-13-20(25)19-3-1-2-4-21(19)26-18/h1-8,13H,9-12,14-15H2. The van der Waals surface area contributed by atoms with Gasteiger partial charge >= 0.3 is 0 Å². The van der Waals surface area contributed by atoms with E-state index in [1.54, 1.807) is 12.1 Å². The summed E-state index contributed by atoms with van der Waals surface area (Å²) >= 11 is 0. The van der Waals surface area contributed by atoms with Gasteiger partial charge < -0.3 is 4.42 Å². The quantitative estimate of drug-likeness (QED) is 0.722.